The molecule has 0 radical (unpaired) electrons. The lowest BCUT2D eigenvalue weighted by molar-refractivity contribution is -0.0498. The Labute approximate surface area is 189 Å². The lowest BCUT2D eigenvalue weighted by atomic mass is 9.97. The van der Waals surface area contributed by atoms with E-state index in [4.69, 9.17) is 4.74 Å². The second kappa shape index (κ2) is 9.91. The van der Waals surface area contributed by atoms with Gasteiger partial charge in [0, 0.05) is 16.0 Å². The summed E-state index contributed by atoms with van der Waals surface area (Å²) in [7, 11) is 0. The van der Waals surface area contributed by atoms with E-state index in [1.165, 1.54) is 35.6 Å². The maximum absolute atomic E-state index is 12.8. The molecule has 0 aliphatic heterocycles. The first kappa shape index (κ1) is 23.4. The van der Waals surface area contributed by atoms with Crippen molar-refractivity contribution in [2.45, 2.75) is 34.3 Å². The molecule has 0 atom stereocenters. The van der Waals surface area contributed by atoms with Crippen molar-refractivity contribution in [1.82, 2.24) is 0 Å². The van der Waals surface area contributed by atoms with Crippen LogP contribution in [0.2, 0.25) is 0 Å². The lowest BCUT2D eigenvalue weighted by Gasteiger charge is -2.11. The van der Waals surface area contributed by atoms with Crippen LogP contribution >= 0.6 is 11.3 Å². The average Bonchev–Trinajstić information content (AvgIpc) is 3.06. The highest BCUT2D eigenvalue weighted by atomic mass is 32.1. The number of carbonyl (C=O) groups is 2. The minimum absolute atomic E-state index is 0.0484. The Kier molecular flexibility index (Phi) is 7.25. The van der Waals surface area contributed by atoms with Gasteiger partial charge >= 0.3 is 12.6 Å². The molecule has 2 aromatic carbocycles. The molecule has 32 heavy (non-hydrogen) atoms. The minimum Gasteiger partial charge on any atom is -0.462 e. The summed E-state index contributed by atoms with van der Waals surface area (Å²) >= 11 is 1.28. The molecule has 3 aromatic rings. The van der Waals surface area contributed by atoms with Gasteiger partial charge in [0.1, 0.15) is 16.3 Å². The molecule has 8 heteroatoms. The van der Waals surface area contributed by atoms with Gasteiger partial charge in [-0.2, -0.15) is 8.78 Å². The molecule has 1 amide bonds. The van der Waals surface area contributed by atoms with Gasteiger partial charge < -0.3 is 14.8 Å². The summed E-state index contributed by atoms with van der Waals surface area (Å²) in [6.07, 6.45) is 0. The zero-order valence-corrected chi connectivity index (χ0v) is 18.9. The van der Waals surface area contributed by atoms with Crippen LogP contribution in [0.3, 0.4) is 0 Å². The molecule has 0 aliphatic carbocycles. The third-order valence-corrected chi connectivity index (χ3v) is 5.95. The smallest absolute Gasteiger partial charge is 0.387 e. The fourth-order valence-electron chi connectivity index (χ4n) is 3.24. The van der Waals surface area contributed by atoms with Gasteiger partial charge in [-0.3, -0.25) is 4.79 Å². The number of rotatable bonds is 7. The third kappa shape index (κ3) is 5.13. The van der Waals surface area contributed by atoms with Crippen LogP contribution in [-0.4, -0.2) is 25.1 Å². The predicted octanol–water partition coefficient (Wildman–Crippen LogP) is 6.37. The summed E-state index contributed by atoms with van der Waals surface area (Å²) in [6, 6.07) is 11.2. The van der Waals surface area contributed by atoms with Crippen LogP contribution in [0.5, 0.6) is 5.75 Å². The first-order valence-corrected chi connectivity index (χ1v) is 10.8. The largest absolute Gasteiger partial charge is 0.462 e. The Hall–Kier alpha value is -3.26. The molecule has 3 rings (SSSR count). The lowest BCUT2D eigenvalue weighted by Crippen LogP contribution is -2.15. The summed E-state index contributed by atoms with van der Waals surface area (Å²) in [5.74, 6) is -1.05. The van der Waals surface area contributed by atoms with Crippen molar-refractivity contribution in [2.24, 2.45) is 0 Å². The van der Waals surface area contributed by atoms with Crippen molar-refractivity contribution >= 4 is 28.2 Å². The van der Waals surface area contributed by atoms with Crippen molar-refractivity contribution in [2.75, 3.05) is 11.9 Å². The van der Waals surface area contributed by atoms with Gasteiger partial charge in [-0.05, 0) is 68.7 Å². The first-order valence-electron chi connectivity index (χ1n) is 9.95. The molecule has 168 valence electrons. The number of nitrogens with one attached hydrogen (secondary N) is 1. The van der Waals surface area contributed by atoms with E-state index in [9.17, 15) is 18.4 Å². The van der Waals surface area contributed by atoms with E-state index in [1.807, 2.05) is 39.0 Å². The van der Waals surface area contributed by atoms with Crippen molar-refractivity contribution in [1.29, 1.82) is 0 Å². The Balaban J connectivity index is 1.98. The fraction of sp³-hybridized carbons (Fsp3) is 0.250. The van der Waals surface area contributed by atoms with E-state index in [-0.39, 0.29) is 17.9 Å². The van der Waals surface area contributed by atoms with Gasteiger partial charge in [-0.1, -0.05) is 18.2 Å². The third-order valence-electron chi connectivity index (χ3n) is 4.93. The molecule has 0 unspecified atom stereocenters. The van der Waals surface area contributed by atoms with Crippen molar-refractivity contribution in [3.8, 4) is 16.9 Å². The van der Waals surface area contributed by atoms with Crippen LogP contribution in [0.15, 0.2) is 42.5 Å². The summed E-state index contributed by atoms with van der Waals surface area (Å²) in [5, 5.41) is 3.14. The molecular weight excluding hydrogens is 436 g/mol. The average molecular weight is 460 g/mol. The van der Waals surface area contributed by atoms with Gasteiger partial charge in [0.2, 0.25) is 0 Å². The topological polar surface area (TPSA) is 64.6 Å². The van der Waals surface area contributed by atoms with Crippen LogP contribution in [0.25, 0.3) is 11.1 Å². The number of anilines is 1. The predicted molar refractivity (Wildman–Crippen MR) is 121 cm³/mol. The van der Waals surface area contributed by atoms with E-state index < -0.39 is 18.5 Å². The van der Waals surface area contributed by atoms with Crippen molar-refractivity contribution < 1.29 is 27.8 Å². The van der Waals surface area contributed by atoms with Gasteiger partial charge in [-0.15, -0.1) is 11.3 Å². The summed E-state index contributed by atoms with van der Waals surface area (Å²) in [6.45, 7) is 4.85. The number of alkyl halides is 2. The quantitative estimate of drug-likeness (QED) is 0.417. The highest BCUT2D eigenvalue weighted by Crippen LogP contribution is 2.41. The van der Waals surface area contributed by atoms with Gasteiger partial charge in [0.25, 0.3) is 5.91 Å². The second-order valence-corrected chi connectivity index (χ2v) is 8.34. The monoisotopic (exact) mass is 459 g/mol. The van der Waals surface area contributed by atoms with E-state index in [0.717, 1.165) is 21.6 Å². The summed E-state index contributed by atoms with van der Waals surface area (Å²) < 4.78 is 34.2. The molecule has 0 aliphatic rings. The summed E-state index contributed by atoms with van der Waals surface area (Å²) in [5.41, 5.74) is 4.32. The molecule has 1 N–H and O–H groups in total. The molecule has 0 saturated heterocycles. The number of thiophene rings is 1. The van der Waals surface area contributed by atoms with Crippen LogP contribution < -0.4 is 10.1 Å². The van der Waals surface area contributed by atoms with E-state index in [1.54, 1.807) is 6.92 Å². The minimum atomic E-state index is -2.94. The van der Waals surface area contributed by atoms with Crippen LogP contribution in [0.1, 0.15) is 43.6 Å². The van der Waals surface area contributed by atoms with Crippen LogP contribution in [-0.2, 0) is 4.74 Å². The SMILES string of the molecule is CCOC(=O)c1c(NC(=O)c2ccc(OC(F)F)cc2)sc(C)c1-c1ccc(C)c(C)c1. The summed E-state index contributed by atoms with van der Waals surface area (Å²) in [4.78, 5) is 26.5. The molecule has 1 heterocycles. The number of amides is 1. The first-order chi connectivity index (χ1) is 15.2. The Morgan fingerprint density at radius 3 is 2.31 bits per heavy atom. The fourth-order valence-corrected chi connectivity index (χ4v) is 4.30. The number of esters is 1. The van der Waals surface area contributed by atoms with Crippen LogP contribution in [0, 0.1) is 20.8 Å². The molecule has 0 spiro atoms. The Morgan fingerprint density at radius 2 is 1.72 bits per heavy atom. The molecule has 0 bridgehead atoms. The van der Waals surface area contributed by atoms with E-state index in [2.05, 4.69) is 10.1 Å². The maximum atomic E-state index is 12.8. The number of carbonyl (C=O) groups excluding carboxylic acids is 2. The van der Waals surface area contributed by atoms with E-state index >= 15 is 0 Å². The van der Waals surface area contributed by atoms with Crippen LogP contribution in [0.4, 0.5) is 13.8 Å². The standard InChI is InChI=1S/C24H23F2NO4S/c1-5-30-23(29)20-19(17-7-6-13(2)14(3)12-17)15(4)32-22(20)27-21(28)16-8-10-18(11-9-16)31-24(25)26/h6-12,24H,5H2,1-4H3,(H,27,28). The molecule has 5 nitrogen and oxygen atoms in total. The molecule has 0 saturated carbocycles. The van der Waals surface area contributed by atoms with Gasteiger partial charge in [0.05, 0.1) is 6.61 Å². The highest BCUT2D eigenvalue weighted by Gasteiger charge is 2.26. The highest BCUT2D eigenvalue weighted by molar-refractivity contribution is 7.17. The second-order valence-electron chi connectivity index (χ2n) is 7.11. The zero-order valence-electron chi connectivity index (χ0n) is 18.1. The maximum Gasteiger partial charge on any atom is 0.387 e. The van der Waals surface area contributed by atoms with Crippen molar-refractivity contribution in [3.63, 3.8) is 0 Å². The number of hydrogen-bond acceptors (Lipinski definition) is 5. The number of hydrogen-bond donors (Lipinski definition) is 1. The van der Waals surface area contributed by atoms with Gasteiger partial charge in [-0.25, -0.2) is 4.79 Å². The number of aryl methyl sites for hydroxylation is 3. The number of halogens is 2. The number of benzene rings is 2. The molecule has 1 aromatic heterocycles. The van der Waals surface area contributed by atoms with E-state index in [0.29, 0.717) is 16.1 Å². The normalized spacial score (nSPS) is 10.8. The van der Waals surface area contributed by atoms with Gasteiger partial charge in [0.15, 0.2) is 0 Å². The Morgan fingerprint density at radius 1 is 1.03 bits per heavy atom. The number of ether oxygens (including phenoxy) is 2. The molecule has 0 fully saturated rings. The van der Waals surface area contributed by atoms with Crippen molar-refractivity contribution in [3.05, 3.63) is 69.6 Å². The molecular formula is C24H23F2NO4S. The Bertz CT molecular complexity index is 1140. The zero-order chi connectivity index (χ0) is 23.4.